The number of rotatable bonds is 4. The highest BCUT2D eigenvalue weighted by molar-refractivity contribution is 5.74. The molecule has 0 radical (unpaired) electrons. The van der Waals surface area contributed by atoms with Crippen LogP contribution in [0.2, 0.25) is 0 Å². The zero-order chi connectivity index (χ0) is 13.7. The van der Waals surface area contributed by atoms with Gasteiger partial charge in [0.1, 0.15) is 0 Å². The van der Waals surface area contributed by atoms with E-state index in [1.54, 1.807) is 4.90 Å². The molecule has 0 aromatic heterocycles. The minimum Gasteiger partial charge on any atom is -0.481 e. The van der Waals surface area contributed by atoms with Crippen molar-refractivity contribution in [3.63, 3.8) is 0 Å². The monoisotopic (exact) mass is 256 g/mol. The lowest BCUT2D eigenvalue weighted by atomic mass is 9.93. The highest BCUT2D eigenvalue weighted by Gasteiger charge is 2.26. The summed E-state index contributed by atoms with van der Waals surface area (Å²) in [5.41, 5.74) is 0. The third kappa shape index (κ3) is 4.20. The van der Waals surface area contributed by atoms with Gasteiger partial charge in [-0.15, -0.1) is 0 Å². The number of likely N-dealkylation sites (tertiary alicyclic amines) is 1. The predicted octanol–water partition coefficient (Wildman–Crippen LogP) is 2.02. The fourth-order valence-corrected chi connectivity index (χ4v) is 2.25. The third-order valence-corrected chi connectivity index (χ3v) is 3.63. The average molecular weight is 256 g/mol. The van der Waals surface area contributed by atoms with Crippen LogP contribution in [-0.2, 0) is 4.79 Å². The zero-order valence-corrected chi connectivity index (χ0v) is 11.6. The first-order valence-electron chi connectivity index (χ1n) is 6.65. The van der Waals surface area contributed by atoms with Gasteiger partial charge in [-0.05, 0) is 39.0 Å². The molecule has 1 fully saturated rings. The number of urea groups is 1. The van der Waals surface area contributed by atoms with Crippen LogP contribution in [0.15, 0.2) is 0 Å². The standard InChI is InChI=1S/C13H24N2O3/c1-10(2)14(3)13(18)15-8-4-5-11(9-15)6-7-12(16)17/h10-11H,4-9H2,1-3H3,(H,16,17). The Labute approximate surface area is 109 Å². The number of carbonyl (C=O) groups is 2. The van der Waals surface area contributed by atoms with Gasteiger partial charge in [-0.3, -0.25) is 4.79 Å². The second kappa shape index (κ2) is 6.61. The Morgan fingerprint density at radius 2 is 2.11 bits per heavy atom. The van der Waals surface area contributed by atoms with E-state index in [2.05, 4.69) is 0 Å². The fraction of sp³-hybridized carbons (Fsp3) is 0.846. The number of carboxylic acid groups (broad SMARTS) is 1. The lowest BCUT2D eigenvalue weighted by Gasteiger charge is -2.36. The molecule has 1 aliphatic heterocycles. The molecule has 104 valence electrons. The first-order valence-corrected chi connectivity index (χ1v) is 6.65. The number of amides is 2. The Balaban J connectivity index is 2.47. The molecule has 0 aliphatic carbocycles. The van der Waals surface area contributed by atoms with E-state index in [4.69, 9.17) is 5.11 Å². The molecule has 2 amide bonds. The van der Waals surface area contributed by atoms with Crippen molar-refractivity contribution >= 4 is 12.0 Å². The Kier molecular flexibility index (Phi) is 5.44. The Bertz CT molecular complexity index is 305. The maximum atomic E-state index is 12.2. The largest absolute Gasteiger partial charge is 0.481 e. The van der Waals surface area contributed by atoms with Crippen LogP contribution in [0.4, 0.5) is 4.79 Å². The van der Waals surface area contributed by atoms with Crippen molar-refractivity contribution in [2.45, 2.75) is 45.6 Å². The number of hydrogen-bond acceptors (Lipinski definition) is 2. The number of nitrogens with zero attached hydrogens (tertiary/aromatic N) is 2. The molecule has 0 spiro atoms. The summed E-state index contributed by atoms with van der Waals surface area (Å²) in [6, 6.07) is 0.252. The van der Waals surface area contributed by atoms with E-state index in [-0.39, 0.29) is 18.5 Å². The number of aliphatic carboxylic acids is 1. The molecule has 18 heavy (non-hydrogen) atoms. The van der Waals surface area contributed by atoms with Crippen molar-refractivity contribution in [1.82, 2.24) is 9.80 Å². The van der Waals surface area contributed by atoms with E-state index in [0.717, 1.165) is 19.4 Å². The van der Waals surface area contributed by atoms with Gasteiger partial charge in [0, 0.05) is 32.6 Å². The van der Waals surface area contributed by atoms with Gasteiger partial charge in [0.2, 0.25) is 0 Å². The van der Waals surface area contributed by atoms with Crippen LogP contribution in [0.5, 0.6) is 0 Å². The van der Waals surface area contributed by atoms with E-state index < -0.39 is 5.97 Å². The summed E-state index contributed by atoms with van der Waals surface area (Å²) in [7, 11) is 1.81. The molecule has 1 saturated heterocycles. The van der Waals surface area contributed by atoms with Crippen molar-refractivity contribution in [3.8, 4) is 0 Å². The molecule has 1 aliphatic rings. The van der Waals surface area contributed by atoms with Gasteiger partial charge in [-0.1, -0.05) is 0 Å². The molecule has 0 saturated carbocycles. The molecule has 0 bridgehead atoms. The number of carboxylic acids is 1. The molecule has 1 N–H and O–H groups in total. The first-order chi connectivity index (χ1) is 8.41. The SMILES string of the molecule is CC(C)N(C)C(=O)N1CCCC(CCC(=O)O)C1. The second-order valence-electron chi connectivity index (χ2n) is 5.37. The summed E-state index contributed by atoms with van der Waals surface area (Å²) in [4.78, 5) is 26.3. The number of hydrogen-bond donors (Lipinski definition) is 1. The highest BCUT2D eigenvalue weighted by Crippen LogP contribution is 2.22. The summed E-state index contributed by atoms with van der Waals surface area (Å²) in [5, 5.41) is 8.69. The normalized spacial score (nSPS) is 20.0. The summed E-state index contributed by atoms with van der Waals surface area (Å²) in [6.45, 7) is 5.47. The van der Waals surface area contributed by atoms with E-state index in [0.29, 0.717) is 18.9 Å². The predicted molar refractivity (Wildman–Crippen MR) is 69.5 cm³/mol. The van der Waals surface area contributed by atoms with E-state index in [1.807, 2.05) is 25.8 Å². The van der Waals surface area contributed by atoms with Crippen LogP contribution in [0.25, 0.3) is 0 Å². The molecule has 5 heteroatoms. The second-order valence-corrected chi connectivity index (χ2v) is 5.37. The molecule has 0 aromatic carbocycles. The molecule has 1 rings (SSSR count). The number of carbonyl (C=O) groups excluding carboxylic acids is 1. The Morgan fingerprint density at radius 1 is 1.44 bits per heavy atom. The molecule has 1 heterocycles. The Hall–Kier alpha value is -1.26. The maximum absolute atomic E-state index is 12.2. The van der Waals surface area contributed by atoms with Crippen molar-refractivity contribution in [1.29, 1.82) is 0 Å². The number of piperidine rings is 1. The van der Waals surface area contributed by atoms with Crippen LogP contribution in [-0.4, -0.2) is 53.1 Å². The van der Waals surface area contributed by atoms with Gasteiger partial charge in [-0.25, -0.2) is 4.79 Å². The van der Waals surface area contributed by atoms with Crippen molar-refractivity contribution < 1.29 is 14.7 Å². The summed E-state index contributed by atoms with van der Waals surface area (Å²) >= 11 is 0. The highest BCUT2D eigenvalue weighted by atomic mass is 16.4. The first kappa shape index (κ1) is 14.8. The summed E-state index contributed by atoms with van der Waals surface area (Å²) < 4.78 is 0. The molecule has 5 nitrogen and oxygen atoms in total. The smallest absolute Gasteiger partial charge is 0.319 e. The molecule has 1 atom stereocenters. The maximum Gasteiger partial charge on any atom is 0.319 e. The summed E-state index contributed by atoms with van der Waals surface area (Å²) in [6.07, 6.45) is 2.88. The fourth-order valence-electron chi connectivity index (χ4n) is 2.25. The van der Waals surface area contributed by atoms with Crippen molar-refractivity contribution in [3.05, 3.63) is 0 Å². The lowest BCUT2D eigenvalue weighted by Crippen LogP contribution is -2.48. The molecule has 0 aromatic rings. The van der Waals surface area contributed by atoms with Crippen LogP contribution < -0.4 is 0 Å². The van der Waals surface area contributed by atoms with E-state index in [9.17, 15) is 9.59 Å². The average Bonchev–Trinajstić information content (AvgIpc) is 2.34. The van der Waals surface area contributed by atoms with Crippen molar-refractivity contribution in [2.75, 3.05) is 20.1 Å². The zero-order valence-electron chi connectivity index (χ0n) is 11.6. The van der Waals surface area contributed by atoms with E-state index in [1.165, 1.54) is 0 Å². The van der Waals surface area contributed by atoms with Gasteiger partial charge >= 0.3 is 12.0 Å². The van der Waals surface area contributed by atoms with Gasteiger partial charge in [0.05, 0.1) is 0 Å². The van der Waals surface area contributed by atoms with Gasteiger partial charge in [-0.2, -0.15) is 0 Å². The summed E-state index contributed by atoms with van der Waals surface area (Å²) in [5.74, 6) is -0.419. The molecular formula is C13H24N2O3. The minimum atomic E-state index is -0.752. The Morgan fingerprint density at radius 3 is 2.67 bits per heavy atom. The van der Waals surface area contributed by atoms with Crippen LogP contribution >= 0.6 is 0 Å². The van der Waals surface area contributed by atoms with Crippen LogP contribution in [0.1, 0.15) is 39.5 Å². The van der Waals surface area contributed by atoms with Crippen LogP contribution in [0.3, 0.4) is 0 Å². The lowest BCUT2D eigenvalue weighted by molar-refractivity contribution is -0.137. The minimum absolute atomic E-state index is 0.0602. The van der Waals surface area contributed by atoms with Gasteiger partial charge < -0.3 is 14.9 Å². The van der Waals surface area contributed by atoms with Gasteiger partial charge in [0.15, 0.2) is 0 Å². The van der Waals surface area contributed by atoms with E-state index >= 15 is 0 Å². The quantitative estimate of drug-likeness (QED) is 0.837. The van der Waals surface area contributed by atoms with Crippen molar-refractivity contribution in [2.24, 2.45) is 5.92 Å². The molecule has 1 unspecified atom stereocenters. The molecular weight excluding hydrogens is 232 g/mol. The van der Waals surface area contributed by atoms with Crippen LogP contribution in [0, 0.1) is 5.92 Å². The van der Waals surface area contributed by atoms with Gasteiger partial charge in [0.25, 0.3) is 0 Å². The topological polar surface area (TPSA) is 60.9 Å². The third-order valence-electron chi connectivity index (χ3n) is 3.63.